The van der Waals surface area contributed by atoms with Crippen LogP contribution in [0.5, 0.6) is 0 Å². The van der Waals surface area contributed by atoms with Crippen molar-refractivity contribution in [3.63, 3.8) is 0 Å². The summed E-state index contributed by atoms with van der Waals surface area (Å²) in [6, 6.07) is 0. The van der Waals surface area contributed by atoms with Crippen LogP contribution in [-0.4, -0.2) is 5.17 Å². The van der Waals surface area contributed by atoms with Crippen LogP contribution in [0.25, 0.3) is 0 Å². The second-order valence-corrected chi connectivity index (χ2v) is 1.45. The number of rotatable bonds is 0. The molecule has 0 saturated heterocycles. The normalized spacial score (nSPS) is 15.9. The van der Waals surface area contributed by atoms with Gasteiger partial charge in [-0.2, -0.15) is 6.20 Å². The van der Waals surface area contributed by atoms with Crippen molar-refractivity contribution in [2.24, 2.45) is 4.99 Å². The van der Waals surface area contributed by atoms with Crippen LogP contribution < -0.4 is 0 Å². The maximum absolute atomic E-state index is 5.37. The third-order valence-electron chi connectivity index (χ3n) is 0.544. The second kappa shape index (κ2) is 3.76. The molecule has 35 valence electrons. The van der Waals surface area contributed by atoms with Crippen molar-refractivity contribution in [3.8, 4) is 0 Å². The Bertz CT molecular complexity index is 108. The molecule has 1 aliphatic rings. The first-order valence-corrected chi connectivity index (χ1v) is 2.04. The van der Waals surface area contributed by atoms with Gasteiger partial charge in [0.2, 0.25) is 0 Å². The van der Waals surface area contributed by atoms with Crippen molar-refractivity contribution < 1.29 is 32.7 Å². The van der Waals surface area contributed by atoms with Gasteiger partial charge in [0.25, 0.3) is 0 Å². The zero-order chi connectivity index (χ0) is 4.41. The van der Waals surface area contributed by atoms with Gasteiger partial charge in [-0.1, -0.05) is 11.6 Å². The van der Waals surface area contributed by atoms with Crippen LogP contribution in [0.2, 0.25) is 0 Å². The van der Waals surface area contributed by atoms with Gasteiger partial charge in [0.15, 0.2) is 0 Å². The van der Waals surface area contributed by atoms with E-state index in [1.165, 1.54) is 0 Å². The first-order valence-electron chi connectivity index (χ1n) is 1.67. The van der Waals surface area contributed by atoms with Crippen molar-refractivity contribution in [2.45, 2.75) is 6.42 Å². The molecule has 1 rings (SSSR count). The van der Waals surface area contributed by atoms with Crippen molar-refractivity contribution >= 4 is 16.8 Å². The van der Waals surface area contributed by atoms with Crippen LogP contribution in [0, 0.1) is 6.08 Å². The van der Waals surface area contributed by atoms with Crippen LogP contribution in [0.15, 0.2) is 11.2 Å². The van der Waals surface area contributed by atoms with Crippen molar-refractivity contribution in [1.29, 1.82) is 0 Å². The molecular weight excluding hydrogens is 186 g/mol. The van der Waals surface area contributed by atoms with Gasteiger partial charge in [-0.15, -0.1) is 6.42 Å². The molecule has 0 saturated carbocycles. The molecule has 0 amide bonds. The van der Waals surface area contributed by atoms with Gasteiger partial charge in [0, 0.05) is 32.7 Å². The molecule has 1 aliphatic heterocycles. The first kappa shape index (κ1) is 7.80. The molecule has 0 N–H and O–H groups in total. The predicted octanol–water partition coefficient (Wildman–Crippen LogP) is 1.34. The first-order chi connectivity index (χ1) is 2.89. The molecule has 0 unspecified atom stereocenters. The molecule has 1 nitrogen and oxygen atoms in total. The Balaban J connectivity index is 0.000000360. The van der Waals surface area contributed by atoms with E-state index in [1.807, 2.05) is 0 Å². The Hall–Kier alpha value is 0.804. The third-order valence-corrected chi connectivity index (χ3v) is 0.775. The Morgan fingerprint density at radius 1 is 1.86 bits per heavy atom. The summed E-state index contributed by atoms with van der Waals surface area (Å²) in [5, 5.41) is 0.634. The van der Waals surface area contributed by atoms with E-state index in [2.05, 4.69) is 11.1 Å². The minimum Gasteiger partial charge on any atom is -0.470 e. The summed E-state index contributed by atoms with van der Waals surface area (Å²) in [7, 11) is 0. The molecule has 0 bridgehead atoms. The minimum absolute atomic E-state index is 0. The maximum Gasteiger partial charge on any atom is 0.0736 e. The van der Waals surface area contributed by atoms with Crippen LogP contribution in [0.1, 0.15) is 6.42 Å². The standard InChI is InChI=1S/C4H3ClN.Y/c5-4-2-1-3-6-4;/h3H,2H2;/q-1;. The molecule has 3 heteroatoms. The van der Waals surface area contributed by atoms with E-state index in [-0.39, 0.29) is 32.7 Å². The maximum atomic E-state index is 5.37. The predicted molar refractivity (Wildman–Crippen MR) is 25.7 cm³/mol. The zero-order valence-corrected chi connectivity index (χ0v) is 7.28. The number of aliphatic imine (C=N–C) groups is 1. The number of hydrogen-bond acceptors (Lipinski definition) is 1. The van der Waals surface area contributed by atoms with Gasteiger partial charge < -0.3 is 6.08 Å². The summed E-state index contributed by atoms with van der Waals surface area (Å²) < 4.78 is 0. The van der Waals surface area contributed by atoms with E-state index in [4.69, 9.17) is 11.6 Å². The smallest absolute Gasteiger partial charge is 0.0736 e. The fourth-order valence-electron chi connectivity index (χ4n) is 0.291. The van der Waals surface area contributed by atoms with Crippen molar-refractivity contribution in [3.05, 3.63) is 12.3 Å². The van der Waals surface area contributed by atoms with E-state index < -0.39 is 0 Å². The van der Waals surface area contributed by atoms with E-state index in [1.54, 1.807) is 6.20 Å². The molecule has 1 radical (unpaired) electrons. The molecule has 0 aromatic heterocycles. The van der Waals surface area contributed by atoms with E-state index in [0.29, 0.717) is 11.6 Å². The van der Waals surface area contributed by atoms with Crippen LogP contribution >= 0.6 is 11.6 Å². The second-order valence-electron chi connectivity index (χ2n) is 1.02. The molecule has 0 aromatic rings. The molecule has 0 fully saturated rings. The molecule has 0 aliphatic carbocycles. The average Bonchev–Trinajstić information content (AvgIpc) is 1.86. The SMILES string of the molecule is ClC1=NC=[C-]C1.[Y]. The summed E-state index contributed by atoms with van der Waals surface area (Å²) in [6.07, 6.45) is 5.09. The van der Waals surface area contributed by atoms with Gasteiger partial charge in [0.1, 0.15) is 0 Å². The quantitative estimate of drug-likeness (QED) is 0.510. The Morgan fingerprint density at radius 3 is 2.71 bits per heavy atom. The summed E-state index contributed by atoms with van der Waals surface area (Å²) in [4.78, 5) is 3.68. The van der Waals surface area contributed by atoms with Crippen LogP contribution in [0.4, 0.5) is 0 Å². The van der Waals surface area contributed by atoms with E-state index in [9.17, 15) is 0 Å². The summed E-state index contributed by atoms with van der Waals surface area (Å²) in [5.74, 6) is 0. The Morgan fingerprint density at radius 2 is 2.57 bits per heavy atom. The summed E-state index contributed by atoms with van der Waals surface area (Å²) in [5.41, 5.74) is 0. The fraction of sp³-hybridized carbons (Fsp3) is 0.250. The Kier molecular flexibility index (Phi) is 4.20. The van der Waals surface area contributed by atoms with Gasteiger partial charge in [-0.05, 0) is 0 Å². The molecule has 7 heavy (non-hydrogen) atoms. The summed E-state index contributed by atoms with van der Waals surface area (Å²) in [6.45, 7) is 0. The number of halogens is 1. The molecule has 0 spiro atoms. The number of hydrogen-bond donors (Lipinski definition) is 0. The summed E-state index contributed by atoms with van der Waals surface area (Å²) >= 11 is 5.37. The van der Waals surface area contributed by atoms with Crippen molar-refractivity contribution in [2.75, 3.05) is 0 Å². The third kappa shape index (κ3) is 2.58. The van der Waals surface area contributed by atoms with Gasteiger partial charge in [-0.3, -0.25) is 4.99 Å². The van der Waals surface area contributed by atoms with Gasteiger partial charge >= 0.3 is 0 Å². The molecule has 0 atom stereocenters. The molecule has 1 heterocycles. The van der Waals surface area contributed by atoms with Crippen LogP contribution in [-0.2, 0) is 32.7 Å². The monoisotopic (exact) mass is 189 g/mol. The van der Waals surface area contributed by atoms with Gasteiger partial charge in [-0.25, -0.2) is 0 Å². The molecule has 0 aromatic carbocycles. The van der Waals surface area contributed by atoms with Crippen molar-refractivity contribution in [1.82, 2.24) is 0 Å². The van der Waals surface area contributed by atoms with E-state index in [0.717, 1.165) is 0 Å². The minimum atomic E-state index is 0. The largest absolute Gasteiger partial charge is 0.470 e. The Labute approximate surface area is 72.7 Å². The average molecular weight is 189 g/mol. The number of nitrogens with zero attached hydrogens (tertiary/aromatic N) is 1. The van der Waals surface area contributed by atoms with Gasteiger partial charge in [0.05, 0.1) is 5.17 Å². The molecular formula is C4H3ClNY-. The number of allylic oxidation sites excluding steroid dienone is 1. The topological polar surface area (TPSA) is 12.4 Å². The van der Waals surface area contributed by atoms with Crippen LogP contribution in [0.3, 0.4) is 0 Å². The zero-order valence-electron chi connectivity index (χ0n) is 3.69. The van der Waals surface area contributed by atoms with E-state index >= 15 is 0 Å². The fourth-order valence-corrected chi connectivity index (χ4v) is 0.417.